The lowest BCUT2D eigenvalue weighted by Crippen LogP contribution is -2.25. The third-order valence-electron chi connectivity index (χ3n) is 2.86. The van der Waals surface area contributed by atoms with E-state index in [2.05, 4.69) is 4.72 Å². The van der Waals surface area contributed by atoms with Gasteiger partial charge in [0.1, 0.15) is 0 Å². The first-order chi connectivity index (χ1) is 9.88. The van der Waals surface area contributed by atoms with Gasteiger partial charge in [0.15, 0.2) is 0 Å². The highest BCUT2D eigenvalue weighted by Crippen LogP contribution is 2.23. The molecule has 0 unspecified atom stereocenters. The SMILES string of the molecule is C[C@@H](O)c1ccc(CCNS(=O)(=O)c2cccc(Cl)c2)s1. The number of aliphatic hydroxyl groups is 1. The zero-order valence-electron chi connectivity index (χ0n) is 11.4. The first kappa shape index (κ1) is 16.5. The van der Waals surface area contributed by atoms with E-state index >= 15 is 0 Å². The Balaban J connectivity index is 1.96. The van der Waals surface area contributed by atoms with Crippen molar-refractivity contribution in [3.05, 3.63) is 51.2 Å². The van der Waals surface area contributed by atoms with Crippen LogP contribution in [0.4, 0.5) is 0 Å². The molecule has 7 heteroatoms. The summed E-state index contributed by atoms with van der Waals surface area (Å²) in [5.74, 6) is 0. The minimum absolute atomic E-state index is 0.158. The fourth-order valence-corrected chi connectivity index (χ4v) is 4.06. The summed E-state index contributed by atoms with van der Waals surface area (Å²) in [7, 11) is -3.54. The van der Waals surface area contributed by atoms with Crippen molar-refractivity contribution in [2.45, 2.75) is 24.3 Å². The Kier molecular flexibility index (Phi) is 5.40. The van der Waals surface area contributed by atoms with E-state index in [-0.39, 0.29) is 4.90 Å². The number of thiophene rings is 1. The molecule has 0 bridgehead atoms. The summed E-state index contributed by atoms with van der Waals surface area (Å²) in [6, 6.07) is 9.91. The van der Waals surface area contributed by atoms with Crippen LogP contribution in [0.3, 0.4) is 0 Å². The molecule has 4 nitrogen and oxygen atoms in total. The van der Waals surface area contributed by atoms with Gasteiger partial charge in [0.05, 0.1) is 11.0 Å². The largest absolute Gasteiger partial charge is 0.388 e. The van der Waals surface area contributed by atoms with Crippen LogP contribution in [0, 0.1) is 0 Å². The number of rotatable bonds is 6. The van der Waals surface area contributed by atoms with Crippen molar-refractivity contribution < 1.29 is 13.5 Å². The van der Waals surface area contributed by atoms with E-state index in [1.165, 1.54) is 23.5 Å². The van der Waals surface area contributed by atoms with Gasteiger partial charge in [-0.25, -0.2) is 13.1 Å². The van der Waals surface area contributed by atoms with Gasteiger partial charge in [-0.05, 0) is 43.7 Å². The standard InChI is InChI=1S/C14H16ClNO3S2/c1-10(17)14-6-5-12(20-14)7-8-16-21(18,19)13-4-2-3-11(15)9-13/h2-6,9-10,16-17H,7-8H2,1H3/t10-/m1/s1. The summed E-state index contributed by atoms with van der Waals surface area (Å²) in [4.78, 5) is 2.06. The van der Waals surface area contributed by atoms with E-state index in [1.807, 2.05) is 12.1 Å². The lowest BCUT2D eigenvalue weighted by atomic mass is 10.3. The van der Waals surface area contributed by atoms with Crippen LogP contribution in [-0.4, -0.2) is 20.1 Å². The number of aliphatic hydroxyl groups excluding tert-OH is 1. The highest BCUT2D eigenvalue weighted by Gasteiger charge is 2.14. The van der Waals surface area contributed by atoms with Crippen molar-refractivity contribution in [2.24, 2.45) is 0 Å². The van der Waals surface area contributed by atoms with E-state index in [0.29, 0.717) is 18.0 Å². The lowest BCUT2D eigenvalue weighted by Gasteiger charge is -2.06. The molecule has 0 spiro atoms. The molecule has 1 atom stereocenters. The summed E-state index contributed by atoms with van der Waals surface area (Å²) < 4.78 is 26.7. The van der Waals surface area contributed by atoms with E-state index in [0.717, 1.165) is 9.75 Å². The molecule has 1 aromatic heterocycles. The minimum Gasteiger partial charge on any atom is -0.388 e. The number of hydrogen-bond donors (Lipinski definition) is 2. The van der Waals surface area contributed by atoms with Crippen molar-refractivity contribution in [1.29, 1.82) is 0 Å². The fraction of sp³-hybridized carbons (Fsp3) is 0.286. The molecule has 0 aliphatic carbocycles. The number of benzene rings is 1. The van der Waals surface area contributed by atoms with Gasteiger partial charge in [0, 0.05) is 21.3 Å². The van der Waals surface area contributed by atoms with Crippen LogP contribution in [0.1, 0.15) is 22.8 Å². The summed E-state index contributed by atoms with van der Waals surface area (Å²) in [5.41, 5.74) is 0. The minimum atomic E-state index is -3.54. The number of halogens is 1. The molecule has 0 fully saturated rings. The van der Waals surface area contributed by atoms with Gasteiger partial charge < -0.3 is 5.11 Å². The highest BCUT2D eigenvalue weighted by atomic mass is 35.5. The lowest BCUT2D eigenvalue weighted by molar-refractivity contribution is 0.203. The predicted molar refractivity (Wildman–Crippen MR) is 85.3 cm³/mol. The first-order valence-corrected chi connectivity index (χ1v) is 9.08. The van der Waals surface area contributed by atoms with Crippen molar-refractivity contribution in [3.8, 4) is 0 Å². The van der Waals surface area contributed by atoms with Gasteiger partial charge in [0.2, 0.25) is 10.0 Å². The molecule has 1 aromatic carbocycles. The second-order valence-electron chi connectivity index (χ2n) is 4.59. The van der Waals surface area contributed by atoms with Crippen LogP contribution >= 0.6 is 22.9 Å². The summed E-state index contributed by atoms with van der Waals surface area (Å²) in [5, 5.41) is 9.84. The van der Waals surface area contributed by atoms with Crippen molar-refractivity contribution in [1.82, 2.24) is 4.72 Å². The normalized spacial score (nSPS) is 13.3. The van der Waals surface area contributed by atoms with Crippen molar-refractivity contribution >= 4 is 33.0 Å². The molecule has 0 saturated heterocycles. The smallest absolute Gasteiger partial charge is 0.240 e. The van der Waals surface area contributed by atoms with Gasteiger partial charge in [-0.3, -0.25) is 0 Å². The topological polar surface area (TPSA) is 66.4 Å². The zero-order valence-corrected chi connectivity index (χ0v) is 13.8. The maximum absolute atomic E-state index is 12.1. The molecular formula is C14H16ClNO3S2. The Morgan fingerprint density at radius 3 is 2.71 bits per heavy atom. The number of nitrogens with one attached hydrogen (secondary N) is 1. The summed E-state index contributed by atoms with van der Waals surface area (Å²) in [6.45, 7) is 2.01. The van der Waals surface area contributed by atoms with Gasteiger partial charge >= 0.3 is 0 Å². The molecule has 0 aliphatic rings. The molecule has 2 N–H and O–H groups in total. The molecular weight excluding hydrogens is 330 g/mol. The Morgan fingerprint density at radius 1 is 1.33 bits per heavy atom. The maximum Gasteiger partial charge on any atom is 0.240 e. The van der Waals surface area contributed by atoms with Crippen LogP contribution in [0.2, 0.25) is 5.02 Å². The van der Waals surface area contributed by atoms with Gasteiger partial charge in [0.25, 0.3) is 0 Å². The second kappa shape index (κ2) is 6.89. The zero-order chi connectivity index (χ0) is 15.5. The molecule has 114 valence electrons. The van der Waals surface area contributed by atoms with Crippen molar-refractivity contribution in [2.75, 3.05) is 6.54 Å². The maximum atomic E-state index is 12.1. The molecule has 2 aromatic rings. The van der Waals surface area contributed by atoms with E-state index < -0.39 is 16.1 Å². The molecule has 21 heavy (non-hydrogen) atoms. The number of sulfonamides is 1. The number of hydrogen-bond acceptors (Lipinski definition) is 4. The Bertz CT molecular complexity index is 711. The van der Waals surface area contributed by atoms with Crippen LogP contribution in [-0.2, 0) is 16.4 Å². The Labute approximate surface area is 133 Å². The van der Waals surface area contributed by atoms with Crippen LogP contribution in [0.25, 0.3) is 0 Å². The highest BCUT2D eigenvalue weighted by molar-refractivity contribution is 7.89. The average Bonchev–Trinajstić information content (AvgIpc) is 2.87. The average molecular weight is 346 g/mol. The summed E-state index contributed by atoms with van der Waals surface area (Å²) >= 11 is 7.28. The van der Waals surface area contributed by atoms with Crippen LogP contribution < -0.4 is 4.72 Å². The van der Waals surface area contributed by atoms with Crippen molar-refractivity contribution in [3.63, 3.8) is 0 Å². The van der Waals surface area contributed by atoms with E-state index in [4.69, 9.17) is 11.6 Å². The summed E-state index contributed by atoms with van der Waals surface area (Å²) in [6.07, 6.45) is 0.0869. The second-order valence-corrected chi connectivity index (χ2v) is 7.99. The Morgan fingerprint density at radius 2 is 2.10 bits per heavy atom. The van der Waals surface area contributed by atoms with Gasteiger partial charge in [-0.1, -0.05) is 17.7 Å². The predicted octanol–water partition coefficient (Wildman–Crippen LogP) is 2.98. The van der Waals surface area contributed by atoms with Gasteiger partial charge in [-0.15, -0.1) is 11.3 Å². The molecule has 0 aliphatic heterocycles. The fourth-order valence-electron chi connectivity index (χ4n) is 1.78. The third-order valence-corrected chi connectivity index (χ3v) is 5.87. The molecule has 0 saturated carbocycles. The Hall–Kier alpha value is -0.920. The molecule has 1 heterocycles. The van der Waals surface area contributed by atoms with Gasteiger partial charge in [-0.2, -0.15) is 0 Å². The quantitative estimate of drug-likeness (QED) is 0.845. The monoisotopic (exact) mass is 345 g/mol. The first-order valence-electron chi connectivity index (χ1n) is 6.40. The molecule has 0 radical (unpaired) electrons. The van der Waals surface area contributed by atoms with E-state index in [1.54, 1.807) is 19.1 Å². The molecule has 2 rings (SSSR count). The third kappa shape index (κ3) is 4.52. The van der Waals surface area contributed by atoms with E-state index in [9.17, 15) is 13.5 Å². The molecule has 0 amide bonds. The van der Waals surface area contributed by atoms with Crippen LogP contribution in [0.15, 0.2) is 41.3 Å². The van der Waals surface area contributed by atoms with Crippen LogP contribution in [0.5, 0.6) is 0 Å².